The summed E-state index contributed by atoms with van der Waals surface area (Å²) in [7, 11) is 1.93. The summed E-state index contributed by atoms with van der Waals surface area (Å²) in [5.41, 5.74) is 4.27. The number of nitrogens with zero attached hydrogens (tertiary/aromatic N) is 3. The fourth-order valence-corrected chi connectivity index (χ4v) is 2.52. The Hall–Kier alpha value is -2.14. The lowest BCUT2D eigenvalue weighted by Crippen LogP contribution is -2.29. The molecule has 2 rings (SSSR count). The van der Waals surface area contributed by atoms with E-state index in [-0.39, 0.29) is 5.91 Å². The Balaban J connectivity index is 1.88. The maximum atomic E-state index is 12.1. The van der Waals surface area contributed by atoms with Gasteiger partial charge in [-0.1, -0.05) is 6.07 Å². The SMILES string of the molecule is CCn1cc(CN(C)CC(=O)Nc2cc(C)cc(C)c2)cn1. The number of aryl methyl sites for hydroxylation is 3. The van der Waals surface area contributed by atoms with Crippen molar-refractivity contribution in [2.24, 2.45) is 0 Å². The summed E-state index contributed by atoms with van der Waals surface area (Å²) in [5, 5.41) is 7.20. The number of rotatable bonds is 6. The standard InChI is InChI=1S/C17H24N4O/c1-5-21-11-15(9-18-21)10-20(4)12-17(22)19-16-7-13(2)6-14(3)8-16/h6-9,11H,5,10,12H2,1-4H3,(H,19,22). The van der Waals surface area contributed by atoms with Gasteiger partial charge >= 0.3 is 0 Å². The van der Waals surface area contributed by atoms with E-state index in [1.165, 1.54) is 0 Å². The molecule has 0 saturated carbocycles. The largest absolute Gasteiger partial charge is 0.325 e. The molecule has 0 radical (unpaired) electrons. The quantitative estimate of drug-likeness (QED) is 0.892. The van der Waals surface area contributed by atoms with Crippen molar-refractivity contribution >= 4 is 11.6 Å². The highest BCUT2D eigenvalue weighted by molar-refractivity contribution is 5.92. The van der Waals surface area contributed by atoms with Crippen LogP contribution in [0.2, 0.25) is 0 Å². The van der Waals surface area contributed by atoms with Gasteiger partial charge in [0, 0.05) is 30.5 Å². The number of hydrogen-bond donors (Lipinski definition) is 1. The lowest BCUT2D eigenvalue weighted by atomic mass is 10.1. The molecular weight excluding hydrogens is 276 g/mol. The van der Waals surface area contributed by atoms with Crippen molar-refractivity contribution < 1.29 is 4.79 Å². The number of benzene rings is 1. The van der Waals surface area contributed by atoms with E-state index in [0.29, 0.717) is 13.1 Å². The van der Waals surface area contributed by atoms with Crippen LogP contribution in [0.15, 0.2) is 30.6 Å². The fourth-order valence-electron chi connectivity index (χ4n) is 2.52. The summed E-state index contributed by atoms with van der Waals surface area (Å²) in [6.07, 6.45) is 3.86. The zero-order chi connectivity index (χ0) is 16.1. The highest BCUT2D eigenvalue weighted by atomic mass is 16.2. The molecule has 1 aromatic carbocycles. The van der Waals surface area contributed by atoms with Crippen LogP contribution in [0.3, 0.4) is 0 Å². The molecule has 0 fully saturated rings. The monoisotopic (exact) mass is 300 g/mol. The van der Waals surface area contributed by atoms with Gasteiger partial charge in [0.1, 0.15) is 0 Å². The van der Waals surface area contributed by atoms with E-state index in [1.807, 2.05) is 55.0 Å². The third-order valence-electron chi connectivity index (χ3n) is 3.38. The molecule has 0 aliphatic carbocycles. The van der Waals surface area contributed by atoms with Crippen molar-refractivity contribution in [3.05, 3.63) is 47.3 Å². The average Bonchev–Trinajstić information content (AvgIpc) is 2.84. The summed E-state index contributed by atoms with van der Waals surface area (Å²) >= 11 is 0. The first-order valence-corrected chi connectivity index (χ1v) is 7.54. The van der Waals surface area contributed by atoms with Crippen molar-refractivity contribution in [3.8, 4) is 0 Å². The molecule has 2 aromatic rings. The van der Waals surface area contributed by atoms with Crippen LogP contribution >= 0.6 is 0 Å². The third-order valence-corrected chi connectivity index (χ3v) is 3.38. The smallest absolute Gasteiger partial charge is 0.238 e. The van der Waals surface area contributed by atoms with E-state index in [9.17, 15) is 4.79 Å². The lowest BCUT2D eigenvalue weighted by molar-refractivity contribution is -0.117. The third kappa shape index (κ3) is 4.70. The molecule has 22 heavy (non-hydrogen) atoms. The number of nitrogens with one attached hydrogen (secondary N) is 1. The molecule has 0 atom stereocenters. The van der Waals surface area contributed by atoms with Gasteiger partial charge in [-0.3, -0.25) is 14.4 Å². The molecule has 118 valence electrons. The van der Waals surface area contributed by atoms with E-state index in [4.69, 9.17) is 0 Å². The Bertz CT molecular complexity index is 628. The second-order valence-electron chi connectivity index (χ2n) is 5.80. The van der Waals surface area contributed by atoms with Gasteiger partial charge in [-0.15, -0.1) is 0 Å². The number of hydrogen-bond acceptors (Lipinski definition) is 3. The second kappa shape index (κ2) is 7.22. The van der Waals surface area contributed by atoms with Crippen LogP contribution in [-0.4, -0.2) is 34.2 Å². The molecule has 5 nitrogen and oxygen atoms in total. The molecule has 1 heterocycles. The van der Waals surface area contributed by atoms with E-state index in [0.717, 1.165) is 28.9 Å². The maximum absolute atomic E-state index is 12.1. The second-order valence-corrected chi connectivity index (χ2v) is 5.80. The first-order chi connectivity index (χ1) is 10.5. The highest BCUT2D eigenvalue weighted by Gasteiger charge is 2.09. The number of carbonyl (C=O) groups excluding carboxylic acids is 1. The van der Waals surface area contributed by atoms with Crippen LogP contribution in [0.25, 0.3) is 0 Å². The molecule has 0 aliphatic heterocycles. The number of anilines is 1. The summed E-state index contributed by atoms with van der Waals surface area (Å²) in [6, 6.07) is 6.06. The van der Waals surface area contributed by atoms with E-state index < -0.39 is 0 Å². The Labute approximate surface area is 131 Å². The Kier molecular flexibility index (Phi) is 5.33. The van der Waals surface area contributed by atoms with E-state index >= 15 is 0 Å². The van der Waals surface area contributed by atoms with Gasteiger partial charge in [-0.05, 0) is 51.1 Å². The minimum absolute atomic E-state index is 0.00427. The highest BCUT2D eigenvalue weighted by Crippen LogP contribution is 2.13. The molecule has 5 heteroatoms. The van der Waals surface area contributed by atoms with Gasteiger partial charge in [-0.2, -0.15) is 5.10 Å². The van der Waals surface area contributed by atoms with Crippen molar-refractivity contribution in [1.82, 2.24) is 14.7 Å². The predicted molar refractivity (Wildman–Crippen MR) is 88.8 cm³/mol. The molecule has 1 aromatic heterocycles. The molecular formula is C17H24N4O. The first kappa shape index (κ1) is 16.2. The van der Waals surface area contributed by atoms with Crippen molar-refractivity contribution in [2.45, 2.75) is 33.9 Å². The minimum Gasteiger partial charge on any atom is -0.325 e. The summed E-state index contributed by atoms with van der Waals surface area (Å²) in [4.78, 5) is 14.1. The first-order valence-electron chi connectivity index (χ1n) is 7.54. The number of aromatic nitrogens is 2. The lowest BCUT2D eigenvalue weighted by Gasteiger charge is -2.15. The Morgan fingerprint density at radius 1 is 1.27 bits per heavy atom. The molecule has 0 saturated heterocycles. The maximum Gasteiger partial charge on any atom is 0.238 e. The Morgan fingerprint density at radius 3 is 2.55 bits per heavy atom. The molecule has 0 aliphatic rings. The van der Waals surface area contributed by atoms with Crippen LogP contribution < -0.4 is 5.32 Å². The number of likely N-dealkylation sites (N-methyl/N-ethyl adjacent to an activating group) is 1. The van der Waals surface area contributed by atoms with E-state index in [2.05, 4.69) is 23.4 Å². The van der Waals surface area contributed by atoms with Crippen molar-refractivity contribution in [1.29, 1.82) is 0 Å². The summed E-state index contributed by atoms with van der Waals surface area (Å²) < 4.78 is 1.89. The summed E-state index contributed by atoms with van der Waals surface area (Å²) in [6.45, 7) is 8.03. The molecule has 0 unspecified atom stereocenters. The van der Waals surface area contributed by atoms with Crippen LogP contribution in [-0.2, 0) is 17.9 Å². The predicted octanol–water partition coefficient (Wildman–Crippen LogP) is 2.59. The van der Waals surface area contributed by atoms with E-state index in [1.54, 1.807) is 0 Å². The zero-order valence-electron chi connectivity index (χ0n) is 13.8. The van der Waals surface area contributed by atoms with Crippen LogP contribution in [0.1, 0.15) is 23.6 Å². The van der Waals surface area contributed by atoms with Gasteiger partial charge in [0.05, 0.1) is 12.7 Å². The van der Waals surface area contributed by atoms with Gasteiger partial charge in [0.25, 0.3) is 0 Å². The van der Waals surface area contributed by atoms with Gasteiger partial charge in [0.15, 0.2) is 0 Å². The molecule has 1 amide bonds. The molecule has 0 spiro atoms. The average molecular weight is 300 g/mol. The molecule has 0 bridgehead atoms. The fraction of sp³-hybridized carbons (Fsp3) is 0.412. The normalized spacial score (nSPS) is 11.0. The van der Waals surface area contributed by atoms with Crippen LogP contribution in [0, 0.1) is 13.8 Å². The van der Waals surface area contributed by atoms with Crippen molar-refractivity contribution in [3.63, 3.8) is 0 Å². The molecule has 1 N–H and O–H groups in total. The van der Waals surface area contributed by atoms with Crippen LogP contribution in [0.4, 0.5) is 5.69 Å². The summed E-state index contributed by atoms with van der Waals surface area (Å²) in [5.74, 6) is -0.00427. The zero-order valence-corrected chi connectivity index (χ0v) is 13.8. The van der Waals surface area contributed by atoms with Crippen LogP contribution in [0.5, 0.6) is 0 Å². The van der Waals surface area contributed by atoms with Crippen molar-refractivity contribution in [2.75, 3.05) is 18.9 Å². The minimum atomic E-state index is -0.00427. The van der Waals surface area contributed by atoms with Gasteiger partial charge < -0.3 is 5.32 Å². The number of carbonyl (C=O) groups is 1. The number of amides is 1. The Morgan fingerprint density at radius 2 is 1.95 bits per heavy atom. The van der Waals surface area contributed by atoms with Gasteiger partial charge in [0.2, 0.25) is 5.91 Å². The van der Waals surface area contributed by atoms with Gasteiger partial charge in [-0.25, -0.2) is 0 Å². The topological polar surface area (TPSA) is 50.2 Å².